The number of rotatable bonds is 2. The Balaban J connectivity index is 1.84. The standard InChI is InChI=1S/C14H15ClN2O2/c15-9-5-4-8(12(16)6-9)7-17-13(18)10-2-1-3-11(10)14(17)19/h4-6,10-11H,1-3,7,16H2. The maximum atomic E-state index is 12.2. The van der Waals surface area contributed by atoms with Gasteiger partial charge in [-0.1, -0.05) is 24.1 Å². The van der Waals surface area contributed by atoms with Crippen LogP contribution in [-0.2, 0) is 16.1 Å². The first-order valence-electron chi connectivity index (χ1n) is 6.47. The Bertz CT molecular complexity index is 536. The average Bonchev–Trinajstić information content (AvgIpc) is 2.92. The van der Waals surface area contributed by atoms with E-state index >= 15 is 0 Å². The summed E-state index contributed by atoms with van der Waals surface area (Å²) in [6, 6.07) is 5.13. The maximum Gasteiger partial charge on any atom is 0.233 e. The fraction of sp³-hybridized carbons (Fsp3) is 0.429. The Kier molecular flexibility index (Phi) is 2.97. The Morgan fingerprint density at radius 3 is 2.42 bits per heavy atom. The summed E-state index contributed by atoms with van der Waals surface area (Å²) in [5.74, 6) is -0.272. The van der Waals surface area contributed by atoms with E-state index in [4.69, 9.17) is 17.3 Å². The number of benzene rings is 1. The van der Waals surface area contributed by atoms with Crippen LogP contribution in [0.25, 0.3) is 0 Å². The third kappa shape index (κ3) is 2.00. The van der Waals surface area contributed by atoms with Gasteiger partial charge in [-0.3, -0.25) is 14.5 Å². The van der Waals surface area contributed by atoms with Crippen molar-refractivity contribution in [1.29, 1.82) is 0 Å². The molecule has 4 nitrogen and oxygen atoms in total. The van der Waals surface area contributed by atoms with E-state index in [-0.39, 0.29) is 30.2 Å². The van der Waals surface area contributed by atoms with E-state index in [1.165, 1.54) is 4.90 Å². The van der Waals surface area contributed by atoms with Gasteiger partial charge in [0.15, 0.2) is 0 Å². The monoisotopic (exact) mass is 278 g/mol. The van der Waals surface area contributed by atoms with Gasteiger partial charge in [0.2, 0.25) is 11.8 Å². The molecule has 1 aromatic rings. The van der Waals surface area contributed by atoms with E-state index in [9.17, 15) is 9.59 Å². The molecule has 2 fully saturated rings. The van der Waals surface area contributed by atoms with Crippen LogP contribution < -0.4 is 5.73 Å². The third-order valence-corrected chi connectivity index (χ3v) is 4.35. The van der Waals surface area contributed by atoms with E-state index in [0.717, 1.165) is 24.8 Å². The van der Waals surface area contributed by atoms with Gasteiger partial charge in [0.1, 0.15) is 0 Å². The van der Waals surface area contributed by atoms with Gasteiger partial charge in [-0.25, -0.2) is 0 Å². The van der Waals surface area contributed by atoms with Gasteiger partial charge in [0.25, 0.3) is 0 Å². The minimum Gasteiger partial charge on any atom is -0.398 e. The SMILES string of the molecule is Nc1cc(Cl)ccc1CN1C(=O)C2CCCC2C1=O. The average molecular weight is 279 g/mol. The number of hydrogen-bond acceptors (Lipinski definition) is 3. The van der Waals surface area contributed by atoms with E-state index in [2.05, 4.69) is 0 Å². The second-order valence-electron chi connectivity index (χ2n) is 5.25. The summed E-state index contributed by atoms with van der Waals surface area (Å²) in [5, 5.41) is 0.553. The fourth-order valence-corrected chi connectivity index (χ4v) is 3.28. The fourth-order valence-electron chi connectivity index (χ4n) is 3.10. The molecule has 2 unspecified atom stereocenters. The predicted octanol–water partition coefficient (Wildman–Crippen LogP) is 2.21. The number of carbonyl (C=O) groups excluding carboxylic acids is 2. The summed E-state index contributed by atoms with van der Waals surface area (Å²) in [4.78, 5) is 25.8. The number of nitrogen functional groups attached to an aromatic ring is 1. The first kappa shape index (κ1) is 12.5. The summed E-state index contributed by atoms with van der Waals surface area (Å²) in [7, 11) is 0. The van der Waals surface area contributed by atoms with Crippen molar-refractivity contribution < 1.29 is 9.59 Å². The molecule has 1 aliphatic carbocycles. The Morgan fingerprint density at radius 1 is 1.21 bits per heavy atom. The lowest BCUT2D eigenvalue weighted by Gasteiger charge is -2.17. The molecule has 1 heterocycles. The van der Waals surface area contributed by atoms with Crippen LogP contribution in [0.1, 0.15) is 24.8 Å². The van der Waals surface area contributed by atoms with Crippen molar-refractivity contribution in [1.82, 2.24) is 4.90 Å². The topological polar surface area (TPSA) is 63.4 Å². The highest BCUT2D eigenvalue weighted by atomic mass is 35.5. The van der Waals surface area contributed by atoms with Crippen molar-refractivity contribution in [3.05, 3.63) is 28.8 Å². The molecule has 0 bridgehead atoms. The number of imide groups is 1. The van der Waals surface area contributed by atoms with E-state index in [1.54, 1.807) is 18.2 Å². The molecule has 2 aliphatic rings. The molecular weight excluding hydrogens is 264 g/mol. The predicted molar refractivity (Wildman–Crippen MR) is 72.3 cm³/mol. The molecule has 3 rings (SSSR count). The van der Waals surface area contributed by atoms with Gasteiger partial charge in [0, 0.05) is 10.7 Å². The minimum absolute atomic E-state index is 0.0400. The molecule has 1 aliphatic heterocycles. The van der Waals surface area contributed by atoms with Gasteiger partial charge in [-0.2, -0.15) is 0 Å². The molecule has 0 spiro atoms. The zero-order chi connectivity index (χ0) is 13.6. The van der Waals surface area contributed by atoms with Crippen molar-refractivity contribution in [2.24, 2.45) is 11.8 Å². The number of nitrogens with zero attached hydrogens (tertiary/aromatic N) is 1. The molecule has 2 amide bonds. The number of halogens is 1. The molecule has 1 saturated heterocycles. The van der Waals surface area contributed by atoms with Crippen molar-refractivity contribution in [3.63, 3.8) is 0 Å². The number of amides is 2. The number of nitrogens with two attached hydrogens (primary N) is 1. The summed E-state index contributed by atoms with van der Waals surface area (Å²) < 4.78 is 0. The molecule has 1 saturated carbocycles. The third-order valence-electron chi connectivity index (χ3n) is 4.12. The Labute approximate surface area is 116 Å². The zero-order valence-electron chi connectivity index (χ0n) is 10.4. The highest BCUT2D eigenvalue weighted by Gasteiger charge is 2.49. The highest BCUT2D eigenvalue weighted by molar-refractivity contribution is 6.30. The second-order valence-corrected chi connectivity index (χ2v) is 5.69. The molecule has 2 N–H and O–H groups in total. The van der Waals surface area contributed by atoms with Gasteiger partial charge in [-0.15, -0.1) is 0 Å². The molecule has 19 heavy (non-hydrogen) atoms. The van der Waals surface area contributed by atoms with E-state index < -0.39 is 0 Å². The molecule has 0 radical (unpaired) electrons. The lowest BCUT2D eigenvalue weighted by atomic mass is 10.00. The van der Waals surface area contributed by atoms with Gasteiger partial charge in [-0.05, 0) is 30.5 Å². The first-order valence-corrected chi connectivity index (χ1v) is 6.85. The van der Waals surface area contributed by atoms with Crippen LogP contribution >= 0.6 is 11.6 Å². The van der Waals surface area contributed by atoms with Gasteiger partial charge < -0.3 is 5.73 Å². The van der Waals surface area contributed by atoms with E-state index in [0.29, 0.717) is 10.7 Å². The lowest BCUT2D eigenvalue weighted by Crippen LogP contribution is -2.31. The molecule has 5 heteroatoms. The smallest absolute Gasteiger partial charge is 0.233 e. The van der Waals surface area contributed by atoms with Crippen LogP contribution in [0.4, 0.5) is 5.69 Å². The van der Waals surface area contributed by atoms with Crippen LogP contribution in [-0.4, -0.2) is 16.7 Å². The highest BCUT2D eigenvalue weighted by Crippen LogP contribution is 2.40. The summed E-state index contributed by atoms with van der Waals surface area (Å²) in [6.45, 7) is 0.258. The Hall–Kier alpha value is -1.55. The molecule has 2 atom stereocenters. The van der Waals surface area contributed by atoms with Crippen LogP contribution in [0, 0.1) is 11.8 Å². The van der Waals surface area contributed by atoms with Gasteiger partial charge in [0.05, 0.1) is 18.4 Å². The van der Waals surface area contributed by atoms with Crippen LogP contribution in [0.5, 0.6) is 0 Å². The number of likely N-dealkylation sites (tertiary alicyclic amines) is 1. The zero-order valence-corrected chi connectivity index (χ0v) is 11.2. The molecule has 0 aromatic heterocycles. The molecule has 1 aromatic carbocycles. The Morgan fingerprint density at radius 2 is 1.84 bits per heavy atom. The summed E-state index contributed by atoms with van der Waals surface area (Å²) in [6.07, 6.45) is 2.65. The number of anilines is 1. The minimum atomic E-state index is -0.0963. The van der Waals surface area contributed by atoms with Crippen molar-refractivity contribution >= 4 is 29.1 Å². The van der Waals surface area contributed by atoms with Crippen LogP contribution in [0.2, 0.25) is 5.02 Å². The summed E-state index contributed by atoms with van der Waals surface area (Å²) in [5.41, 5.74) is 7.16. The van der Waals surface area contributed by atoms with Crippen molar-refractivity contribution in [2.45, 2.75) is 25.8 Å². The number of fused-ring (bicyclic) bond motifs is 1. The number of hydrogen-bond donors (Lipinski definition) is 1. The normalized spacial score (nSPS) is 26.1. The quantitative estimate of drug-likeness (QED) is 0.666. The molecule has 100 valence electrons. The largest absolute Gasteiger partial charge is 0.398 e. The number of carbonyl (C=O) groups is 2. The van der Waals surface area contributed by atoms with Crippen molar-refractivity contribution in [3.8, 4) is 0 Å². The maximum absolute atomic E-state index is 12.2. The van der Waals surface area contributed by atoms with Crippen LogP contribution in [0.15, 0.2) is 18.2 Å². The first-order chi connectivity index (χ1) is 9.08. The summed E-state index contributed by atoms with van der Waals surface area (Å²) >= 11 is 5.84. The molecular formula is C14H15ClN2O2. The van der Waals surface area contributed by atoms with E-state index in [1.807, 2.05) is 0 Å². The lowest BCUT2D eigenvalue weighted by molar-refractivity contribution is -0.141. The van der Waals surface area contributed by atoms with Gasteiger partial charge >= 0.3 is 0 Å². The van der Waals surface area contributed by atoms with Crippen LogP contribution in [0.3, 0.4) is 0 Å². The second kappa shape index (κ2) is 4.53. The van der Waals surface area contributed by atoms with Crippen molar-refractivity contribution in [2.75, 3.05) is 5.73 Å².